The van der Waals surface area contributed by atoms with Crippen LogP contribution in [-0.4, -0.2) is 16.9 Å². The quantitative estimate of drug-likeness (QED) is 0.616. The second-order valence-electron chi connectivity index (χ2n) is 5.03. The van der Waals surface area contributed by atoms with Gasteiger partial charge in [-0.2, -0.15) is 0 Å². The van der Waals surface area contributed by atoms with Crippen LogP contribution in [0.5, 0.6) is 0 Å². The SMILES string of the molecule is Cc1ccccc1CN(C)Cc1cccc([N+](=O)[O-])c1. The highest BCUT2D eigenvalue weighted by Crippen LogP contribution is 2.16. The number of nitro benzene ring substituents is 1. The van der Waals surface area contributed by atoms with Gasteiger partial charge in [-0.05, 0) is 30.7 Å². The maximum absolute atomic E-state index is 10.8. The minimum Gasteiger partial charge on any atom is -0.298 e. The summed E-state index contributed by atoms with van der Waals surface area (Å²) >= 11 is 0. The Morgan fingerprint density at radius 2 is 1.85 bits per heavy atom. The molecule has 0 aliphatic carbocycles. The van der Waals surface area contributed by atoms with Crippen LogP contribution in [0.25, 0.3) is 0 Å². The van der Waals surface area contributed by atoms with Crippen LogP contribution in [0.3, 0.4) is 0 Å². The summed E-state index contributed by atoms with van der Waals surface area (Å²) in [7, 11) is 2.02. The van der Waals surface area contributed by atoms with Gasteiger partial charge in [-0.1, -0.05) is 36.4 Å². The summed E-state index contributed by atoms with van der Waals surface area (Å²) in [5.74, 6) is 0. The van der Waals surface area contributed by atoms with Crippen molar-refractivity contribution in [3.8, 4) is 0 Å². The van der Waals surface area contributed by atoms with E-state index >= 15 is 0 Å². The van der Waals surface area contributed by atoms with E-state index in [4.69, 9.17) is 0 Å². The second-order valence-corrected chi connectivity index (χ2v) is 5.03. The molecular formula is C16H18N2O2. The highest BCUT2D eigenvalue weighted by Gasteiger charge is 2.08. The van der Waals surface area contributed by atoms with Crippen LogP contribution in [0, 0.1) is 17.0 Å². The van der Waals surface area contributed by atoms with Gasteiger partial charge in [0.05, 0.1) is 4.92 Å². The number of rotatable bonds is 5. The Hall–Kier alpha value is -2.20. The molecule has 0 spiro atoms. The van der Waals surface area contributed by atoms with Crippen molar-refractivity contribution >= 4 is 5.69 Å². The van der Waals surface area contributed by atoms with Crippen LogP contribution < -0.4 is 0 Å². The number of hydrogen-bond donors (Lipinski definition) is 0. The van der Waals surface area contributed by atoms with Crippen LogP contribution >= 0.6 is 0 Å². The van der Waals surface area contributed by atoms with Crippen molar-refractivity contribution < 1.29 is 4.92 Å². The molecule has 0 aliphatic rings. The maximum Gasteiger partial charge on any atom is 0.269 e. The number of benzene rings is 2. The van der Waals surface area contributed by atoms with Crippen molar-refractivity contribution in [3.05, 3.63) is 75.3 Å². The molecule has 0 radical (unpaired) electrons. The molecule has 0 amide bonds. The second kappa shape index (κ2) is 6.30. The molecule has 4 heteroatoms. The van der Waals surface area contributed by atoms with Crippen LogP contribution in [0.1, 0.15) is 16.7 Å². The number of nitrogens with zero attached hydrogens (tertiary/aromatic N) is 2. The minimum absolute atomic E-state index is 0.145. The molecule has 0 unspecified atom stereocenters. The number of nitro groups is 1. The van der Waals surface area contributed by atoms with Crippen LogP contribution in [0.15, 0.2) is 48.5 Å². The van der Waals surface area contributed by atoms with Gasteiger partial charge in [0.15, 0.2) is 0 Å². The molecule has 0 heterocycles. The fourth-order valence-electron chi connectivity index (χ4n) is 2.21. The molecule has 0 aromatic heterocycles. The van der Waals surface area contributed by atoms with Gasteiger partial charge in [-0.25, -0.2) is 0 Å². The van der Waals surface area contributed by atoms with Crippen molar-refractivity contribution in [3.63, 3.8) is 0 Å². The molecule has 2 aromatic carbocycles. The first kappa shape index (κ1) is 14.2. The molecule has 0 aliphatic heterocycles. The fourth-order valence-corrected chi connectivity index (χ4v) is 2.21. The Labute approximate surface area is 118 Å². The summed E-state index contributed by atoms with van der Waals surface area (Å²) in [6.45, 7) is 3.61. The number of non-ortho nitro benzene ring substituents is 1. The lowest BCUT2D eigenvalue weighted by Gasteiger charge is -2.18. The van der Waals surface area contributed by atoms with Crippen molar-refractivity contribution in [2.75, 3.05) is 7.05 Å². The Morgan fingerprint density at radius 3 is 2.55 bits per heavy atom. The summed E-state index contributed by atoms with van der Waals surface area (Å²) in [6.07, 6.45) is 0. The number of hydrogen-bond acceptors (Lipinski definition) is 3. The van der Waals surface area contributed by atoms with Crippen LogP contribution in [0.4, 0.5) is 5.69 Å². The zero-order valence-electron chi connectivity index (χ0n) is 11.7. The fraction of sp³-hybridized carbons (Fsp3) is 0.250. The third kappa shape index (κ3) is 3.65. The Bertz CT molecular complexity index is 611. The smallest absolute Gasteiger partial charge is 0.269 e. The Kier molecular flexibility index (Phi) is 4.48. The topological polar surface area (TPSA) is 46.4 Å². The largest absolute Gasteiger partial charge is 0.298 e. The predicted molar refractivity (Wildman–Crippen MR) is 79.4 cm³/mol. The molecule has 104 valence electrons. The molecule has 0 saturated heterocycles. The molecule has 0 atom stereocenters. The summed E-state index contributed by atoms with van der Waals surface area (Å²) in [4.78, 5) is 12.6. The summed E-state index contributed by atoms with van der Waals surface area (Å²) < 4.78 is 0. The molecule has 0 bridgehead atoms. The highest BCUT2D eigenvalue weighted by molar-refractivity contribution is 5.34. The zero-order chi connectivity index (χ0) is 14.5. The van der Waals surface area contributed by atoms with E-state index in [-0.39, 0.29) is 10.6 Å². The predicted octanol–water partition coefficient (Wildman–Crippen LogP) is 3.54. The van der Waals surface area contributed by atoms with E-state index in [1.165, 1.54) is 17.2 Å². The first-order valence-electron chi connectivity index (χ1n) is 6.52. The summed E-state index contributed by atoms with van der Waals surface area (Å²) in [5.41, 5.74) is 3.64. The van der Waals surface area contributed by atoms with Gasteiger partial charge in [0.2, 0.25) is 0 Å². The average molecular weight is 270 g/mol. The Morgan fingerprint density at radius 1 is 1.10 bits per heavy atom. The molecule has 0 fully saturated rings. The zero-order valence-corrected chi connectivity index (χ0v) is 11.7. The highest BCUT2D eigenvalue weighted by atomic mass is 16.6. The van der Waals surface area contributed by atoms with E-state index in [9.17, 15) is 10.1 Å². The van der Waals surface area contributed by atoms with Gasteiger partial charge >= 0.3 is 0 Å². The lowest BCUT2D eigenvalue weighted by atomic mass is 10.1. The van der Waals surface area contributed by atoms with E-state index in [0.717, 1.165) is 12.1 Å². The van der Waals surface area contributed by atoms with Gasteiger partial charge in [0.1, 0.15) is 0 Å². The van der Waals surface area contributed by atoms with E-state index < -0.39 is 0 Å². The van der Waals surface area contributed by atoms with E-state index in [0.29, 0.717) is 6.54 Å². The lowest BCUT2D eigenvalue weighted by molar-refractivity contribution is -0.384. The van der Waals surface area contributed by atoms with Gasteiger partial charge in [-0.3, -0.25) is 15.0 Å². The number of aryl methyl sites for hydroxylation is 1. The molecular weight excluding hydrogens is 252 g/mol. The monoisotopic (exact) mass is 270 g/mol. The van der Waals surface area contributed by atoms with Crippen LogP contribution in [-0.2, 0) is 13.1 Å². The van der Waals surface area contributed by atoms with E-state index in [2.05, 4.69) is 24.0 Å². The summed E-state index contributed by atoms with van der Waals surface area (Å²) in [6, 6.07) is 15.1. The van der Waals surface area contributed by atoms with Crippen molar-refractivity contribution in [2.24, 2.45) is 0 Å². The van der Waals surface area contributed by atoms with Gasteiger partial charge in [0, 0.05) is 25.2 Å². The van der Waals surface area contributed by atoms with Crippen molar-refractivity contribution in [1.82, 2.24) is 4.90 Å². The molecule has 2 rings (SSSR count). The van der Waals surface area contributed by atoms with Crippen molar-refractivity contribution in [2.45, 2.75) is 20.0 Å². The van der Waals surface area contributed by atoms with Crippen LogP contribution in [0.2, 0.25) is 0 Å². The molecule has 4 nitrogen and oxygen atoms in total. The van der Waals surface area contributed by atoms with Gasteiger partial charge in [0.25, 0.3) is 5.69 Å². The van der Waals surface area contributed by atoms with Gasteiger partial charge < -0.3 is 0 Å². The third-order valence-electron chi connectivity index (χ3n) is 3.28. The maximum atomic E-state index is 10.8. The van der Waals surface area contributed by atoms with Gasteiger partial charge in [-0.15, -0.1) is 0 Å². The standard InChI is InChI=1S/C16H18N2O2/c1-13-6-3-4-8-15(13)12-17(2)11-14-7-5-9-16(10-14)18(19)20/h3-10H,11-12H2,1-2H3. The molecule has 0 saturated carbocycles. The molecule has 2 aromatic rings. The summed E-state index contributed by atoms with van der Waals surface area (Å²) in [5, 5.41) is 10.8. The first-order chi connectivity index (χ1) is 9.56. The first-order valence-corrected chi connectivity index (χ1v) is 6.52. The average Bonchev–Trinajstić information content (AvgIpc) is 2.41. The lowest BCUT2D eigenvalue weighted by Crippen LogP contribution is -2.17. The minimum atomic E-state index is -0.356. The van der Waals surface area contributed by atoms with E-state index in [1.807, 2.05) is 25.2 Å². The van der Waals surface area contributed by atoms with E-state index in [1.54, 1.807) is 12.1 Å². The molecule has 20 heavy (non-hydrogen) atoms. The normalized spacial score (nSPS) is 10.8. The Balaban J connectivity index is 2.05. The molecule has 0 N–H and O–H groups in total. The van der Waals surface area contributed by atoms with Crippen molar-refractivity contribution in [1.29, 1.82) is 0 Å². The third-order valence-corrected chi connectivity index (χ3v) is 3.28.